The standard InChI is InChI=1S/C16H19N3O3/c1-12-3-2-4-13(9-12)5-7-18-11-14(10-17)16(22)19-8-6-15(20)21/h2-4,9,11,18H,5-8H2,1H3,(H,19,22)(H,20,21)/b14-11-. The third-order valence-electron chi connectivity index (χ3n) is 2.88. The van der Waals surface area contributed by atoms with Crippen LogP contribution < -0.4 is 10.6 Å². The van der Waals surface area contributed by atoms with Gasteiger partial charge < -0.3 is 15.7 Å². The van der Waals surface area contributed by atoms with Crippen LogP contribution in [0.1, 0.15) is 17.5 Å². The minimum Gasteiger partial charge on any atom is -0.481 e. The van der Waals surface area contributed by atoms with Crippen molar-refractivity contribution in [3.8, 4) is 6.07 Å². The van der Waals surface area contributed by atoms with E-state index in [0.29, 0.717) is 6.54 Å². The number of hydrogen-bond acceptors (Lipinski definition) is 4. The molecule has 1 amide bonds. The summed E-state index contributed by atoms with van der Waals surface area (Å²) in [5, 5.41) is 22.7. The average molecular weight is 301 g/mol. The van der Waals surface area contributed by atoms with E-state index in [2.05, 4.69) is 16.7 Å². The van der Waals surface area contributed by atoms with Gasteiger partial charge in [-0.2, -0.15) is 5.26 Å². The molecule has 6 heteroatoms. The third kappa shape index (κ3) is 6.57. The van der Waals surface area contributed by atoms with Gasteiger partial charge in [-0.25, -0.2) is 0 Å². The molecule has 6 nitrogen and oxygen atoms in total. The second-order valence-electron chi connectivity index (χ2n) is 4.76. The van der Waals surface area contributed by atoms with Gasteiger partial charge in [0, 0.05) is 19.3 Å². The van der Waals surface area contributed by atoms with Crippen LogP contribution in [0.5, 0.6) is 0 Å². The number of nitrogens with zero attached hydrogens (tertiary/aromatic N) is 1. The molecule has 116 valence electrons. The van der Waals surface area contributed by atoms with E-state index in [0.717, 1.165) is 6.42 Å². The number of hydrogen-bond donors (Lipinski definition) is 3. The van der Waals surface area contributed by atoms with Crippen LogP contribution >= 0.6 is 0 Å². The summed E-state index contributed by atoms with van der Waals surface area (Å²) in [7, 11) is 0. The van der Waals surface area contributed by atoms with Crippen molar-refractivity contribution in [2.45, 2.75) is 19.8 Å². The largest absolute Gasteiger partial charge is 0.481 e. The maximum Gasteiger partial charge on any atom is 0.305 e. The first-order valence-electron chi connectivity index (χ1n) is 6.92. The molecule has 0 atom stereocenters. The van der Waals surface area contributed by atoms with Gasteiger partial charge in [-0.15, -0.1) is 0 Å². The molecule has 0 heterocycles. The van der Waals surface area contributed by atoms with Gasteiger partial charge in [0.1, 0.15) is 11.6 Å². The Balaban J connectivity index is 2.40. The molecule has 0 saturated heterocycles. The molecular formula is C16H19N3O3. The van der Waals surface area contributed by atoms with Gasteiger partial charge in [-0.3, -0.25) is 9.59 Å². The highest BCUT2D eigenvalue weighted by Crippen LogP contribution is 2.04. The molecule has 0 radical (unpaired) electrons. The first-order valence-corrected chi connectivity index (χ1v) is 6.92. The van der Waals surface area contributed by atoms with Crippen LogP contribution in [0.4, 0.5) is 0 Å². The number of carbonyl (C=O) groups is 2. The molecule has 0 spiro atoms. The van der Waals surface area contributed by atoms with Crippen LogP contribution in [0, 0.1) is 18.3 Å². The van der Waals surface area contributed by atoms with E-state index >= 15 is 0 Å². The quantitative estimate of drug-likeness (QED) is 0.379. The Morgan fingerprint density at radius 3 is 2.77 bits per heavy atom. The Bertz CT molecular complexity index is 603. The molecular weight excluding hydrogens is 282 g/mol. The number of rotatable bonds is 8. The molecule has 1 aromatic carbocycles. The Morgan fingerprint density at radius 2 is 2.14 bits per heavy atom. The molecule has 0 fully saturated rings. The van der Waals surface area contributed by atoms with Crippen molar-refractivity contribution < 1.29 is 14.7 Å². The van der Waals surface area contributed by atoms with Gasteiger partial charge in [0.25, 0.3) is 5.91 Å². The number of nitriles is 1. The second-order valence-corrected chi connectivity index (χ2v) is 4.76. The molecule has 0 bridgehead atoms. The molecule has 1 rings (SSSR count). The van der Waals surface area contributed by atoms with E-state index in [4.69, 9.17) is 10.4 Å². The highest BCUT2D eigenvalue weighted by molar-refractivity contribution is 5.97. The predicted molar refractivity (Wildman–Crippen MR) is 81.8 cm³/mol. The smallest absolute Gasteiger partial charge is 0.305 e. The Hall–Kier alpha value is -2.81. The lowest BCUT2D eigenvalue weighted by Gasteiger charge is -2.05. The first kappa shape index (κ1) is 17.2. The van der Waals surface area contributed by atoms with Gasteiger partial charge in [-0.1, -0.05) is 29.8 Å². The number of amides is 1. The molecule has 0 aliphatic rings. The Kier molecular flexibility index (Phi) is 7.20. The van der Waals surface area contributed by atoms with Gasteiger partial charge in [-0.05, 0) is 18.9 Å². The highest BCUT2D eigenvalue weighted by Gasteiger charge is 2.08. The summed E-state index contributed by atoms with van der Waals surface area (Å²) in [5.74, 6) is -1.58. The number of carbonyl (C=O) groups excluding carboxylic acids is 1. The molecule has 22 heavy (non-hydrogen) atoms. The van der Waals surface area contributed by atoms with Crippen molar-refractivity contribution in [3.05, 3.63) is 47.2 Å². The number of carboxylic acids is 1. The minimum atomic E-state index is -1.00. The molecule has 0 unspecified atom stereocenters. The van der Waals surface area contributed by atoms with E-state index in [-0.39, 0.29) is 18.5 Å². The minimum absolute atomic E-state index is 0.00349. The van der Waals surface area contributed by atoms with Crippen molar-refractivity contribution in [1.29, 1.82) is 5.26 Å². The number of aliphatic carboxylic acids is 1. The fraction of sp³-hybridized carbons (Fsp3) is 0.312. The van der Waals surface area contributed by atoms with Gasteiger partial charge in [0.15, 0.2) is 0 Å². The normalized spacial score (nSPS) is 10.6. The van der Waals surface area contributed by atoms with E-state index in [9.17, 15) is 9.59 Å². The summed E-state index contributed by atoms with van der Waals surface area (Å²) >= 11 is 0. The van der Waals surface area contributed by atoms with E-state index < -0.39 is 11.9 Å². The summed E-state index contributed by atoms with van der Waals surface area (Å²) in [6.45, 7) is 2.61. The number of benzene rings is 1. The van der Waals surface area contributed by atoms with Crippen LogP contribution in [-0.2, 0) is 16.0 Å². The fourth-order valence-electron chi connectivity index (χ4n) is 1.79. The van der Waals surface area contributed by atoms with E-state index in [1.165, 1.54) is 17.3 Å². The Morgan fingerprint density at radius 1 is 1.36 bits per heavy atom. The summed E-state index contributed by atoms with van der Waals surface area (Å²) in [4.78, 5) is 22.0. The predicted octanol–water partition coefficient (Wildman–Crippen LogP) is 1.13. The maximum atomic E-state index is 11.6. The van der Waals surface area contributed by atoms with E-state index in [1.54, 1.807) is 6.07 Å². The van der Waals surface area contributed by atoms with E-state index in [1.807, 2.05) is 25.1 Å². The SMILES string of the molecule is Cc1cccc(CCN/C=C(/C#N)C(=O)NCCC(=O)O)c1. The summed E-state index contributed by atoms with van der Waals surface area (Å²) in [5.41, 5.74) is 2.28. The monoisotopic (exact) mass is 301 g/mol. The van der Waals surface area contributed by atoms with Crippen LogP contribution in [0.3, 0.4) is 0 Å². The highest BCUT2D eigenvalue weighted by atomic mass is 16.4. The lowest BCUT2D eigenvalue weighted by molar-refractivity contribution is -0.136. The topological polar surface area (TPSA) is 102 Å². The second kappa shape index (κ2) is 9.19. The average Bonchev–Trinajstić information content (AvgIpc) is 2.47. The zero-order chi connectivity index (χ0) is 16.4. The van der Waals surface area contributed by atoms with Crippen LogP contribution in [0.25, 0.3) is 0 Å². The molecule has 0 aliphatic carbocycles. The number of aryl methyl sites for hydroxylation is 1. The zero-order valence-electron chi connectivity index (χ0n) is 12.4. The number of carboxylic acid groups (broad SMARTS) is 1. The van der Waals surface area contributed by atoms with Crippen molar-refractivity contribution in [2.75, 3.05) is 13.1 Å². The third-order valence-corrected chi connectivity index (χ3v) is 2.88. The molecule has 0 aliphatic heterocycles. The molecule has 1 aromatic rings. The number of nitrogens with one attached hydrogen (secondary N) is 2. The van der Waals surface area contributed by atoms with Crippen LogP contribution in [0.2, 0.25) is 0 Å². The lowest BCUT2D eigenvalue weighted by Crippen LogP contribution is -2.28. The zero-order valence-corrected chi connectivity index (χ0v) is 12.4. The summed E-state index contributed by atoms with van der Waals surface area (Å²) in [6, 6.07) is 9.88. The maximum absolute atomic E-state index is 11.6. The molecule has 0 aromatic heterocycles. The molecule has 3 N–H and O–H groups in total. The van der Waals surface area contributed by atoms with Gasteiger partial charge >= 0.3 is 5.97 Å². The van der Waals surface area contributed by atoms with Crippen molar-refractivity contribution in [1.82, 2.24) is 10.6 Å². The molecule has 0 saturated carbocycles. The van der Waals surface area contributed by atoms with Crippen molar-refractivity contribution in [2.24, 2.45) is 0 Å². The van der Waals surface area contributed by atoms with Gasteiger partial charge in [0.05, 0.1) is 6.42 Å². The van der Waals surface area contributed by atoms with Crippen LogP contribution in [-0.4, -0.2) is 30.1 Å². The Labute approximate surface area is 129 Å². The lowest BCUT2D eigenvalue weighted by atomic mass is 10.1. The van der Waals surface area contributed by atoms with Crippen LogP contribution in [0.15, 0.2) is 36.0 Å². The fourth-order valence-corrected chi connectivity index (χ4v) is 1.79. The summed E-state index contributed by atoms with van der Waals surface area (Å²) < 4.78 is 0. The summed E-state index contributed by atoms with van der Waals surface area (Å²) in [6.07, 6.45) is 1.95. The van der Waals surface area contributed by atoms with Gasteiger partial charge in [0.2, 0.25) is 0 Å². The van der Waals surface area contributed by atoms with Crippen molar-refractivity contribution >= 4 is 11.9 Å². The first-order chi connectivity index (χ1) is 10.5. The van der Waals surface area contributed by atoms with Crippen molar-refractivity contribution in [3.63, 3.8) is 0 Å².